The van der Waals surface area contributed by atoms with E-state index in [1.807, 2.05) is 29.2 Å². The first kappa shape index (κ1) is 20.9. The molecule has 0 atom stereocenters. The number of anilines is 2. The van der Waals surface area contributed by atoms with Gasteiger partial charge in [0.2, 0.25) is 0 Å². The van der Waals surface area contributed by atoms with Crippen LogP contribution in [0.15, 0.2) is 53.5 Å². The number of fused-ring (bicyclic) bond motifs is 1. The summed E-state index contributed by atoms with van der Waals surface area (Å²) < 4.78 is 1.50. The molecule has 2 aromatic carbocycles. The average Bonchev–Trinajstić information content (AvgIpc) is 3.06. The Morgan fingerprint density at radius 2 is 1.77 bits per heavy atom. The zero-order valence-electron chi connectivity index (χ0n) is 18.8. The van der Waals surface area contributed by atoms with Crippen LogP contribution in [-0.4, -0.2) is 10.5 Å². The lowest BCUT2D eigenvalue weighted by atomic mass is 9.85. The third-order valence-electron chi connectivity index (χ3n) is 6.09. The molecule has 1 aromatic heterocycles. The molecule has 5 nitrogen and oxygen atoms in total. The third kappa shape index (κ3) is 3.54. The van der Waals surface area contributed by atoms with E-state index in [2.05, 4.69) is 39.8 Å². The fourth-order valence-electron chi connectivity index (χ4n) is 4.34. The number of carbonyl (C=O) groups is 1. The summed E-state index contributed by atoms with van der Waals surface area (Å²) in [6.07, 6.45) is 2.55. The normalized spacial score (nSPS) is 13.6. The summed E-state index contributed by atoms with van der Waals surface area (Å²) in [6.45, 7) is 9.19. The quantitative estimate of drug-likeness (QED) is 0.677. The zero-order valence-corrected chi connectivity index (χ0v) is 18.8. The highest BCUT2D eigenvalue weighted by Crippen LogP contribution is 2.37. The minimum atomic E-state index is -0.210. The van der Waals surface area contributed by atoms with E-state index in [1.54, 1.807) is 19.3 Å². The van der Waals surface area contributed by atoms with Crippen molar-refractivity contribution < 1.29 is 4.79 Å². The van der Waals surface area contributed by atoms with Crippen molar-refractivity contribution in [2.75, 3.05) is 10.6 Å². The van der Waals surface area contributed by atoms with E-state index in [-0.39, 0.29) is 22.6 Å². The predicted molar refractivity (Wildman–Crippen MR) is 127 cm³/mol. The van der Waals surface area contributed by atoms with Gasteiger partial charge in [-0.15, -0.1) is 0 Å². The maximum absolute atomic E-state index is 13.3. The fourth-order valence-corrected chi connectivity index (χ4v) is 4.34. The standard InChI is InChI=1S/C26H29N3O2/c1-6-19-20(17-13-22(27)25(31)28(5)14-17)8-7-9-23(19)29-15-16-12-18(26(2,3)4)10-11-21(16)24(29)30/h7-14H,6,15,27H2,1-5H3. The van der Waals surface area contributed by atoms with Crippen LogP contribution in [0.4, 0.5) is 11.4 Å². The molecular formula is C26H29N3O2. The Morgan fingerprint density at radius 3 is 2.42 bits per heavy atom. The van der Waals surface area contributed by atoms with Crippen molar-refractivity contribution in [3.63, 3.8) is 0 Å². The Balaban J connectivity index is 1.80. The van der Waals surface area contributed by atoms with Crippen LogP contribution < -0.4 is 16.2 Å². The Labute approximate surface area is 183 Å². The molecule has 160 valence electrons. The van der Waals surface area contributed by atoms with Crippen molar-refractivity contribution in [2.45, 2.75) is 46.1 Å². The van der Waals surface area contributed by atoms with Gasteiger partial charge < -0.3 is 15.2 Å². The van der Waals surface area contributed by atoms with Crippen molar-refractivity contribution in [1.29, 1.82) is 0 Å². The Bertz CT molecular complexity index is 1220. The van der Waals surface area contributed by atoms with Gasteiger partial charge in [0.25, 0.3) is 11.5 Å². The number of amides is 1. The topological polar surface area (TPSA) is 68.3 Å². The molecule has 0 saturated heterocycles. The van der Waals surface area contributed by atoms with Crippen LogP contribution in [-0.2, 0) is 25.4 Å². The number of hydrogen-bond acceptors (Lipinski definition) is 3. The summed E-state index contributed by atoms with van der Waals surface area (Å²) in [7, 11) is 1.70. The summed E-state index contributed by atoms with van der Waals surface area (Å²) in [5.41, 5.74) is 12.9. The summed E-state index contributed by atoms with van der Waals surface area (Å²) in [5, 5.41) is 0. The maximum Gasteiger partial charge on any atom is 0.273 e. The number of rotatable bonds is 3. The second kappa shape index (κ2) is 7.41. The van der Waals surface area contributed by atoms with Gasteiger partial charge in [0, 0.05) is 30.1 Å². The molecule has 4 rings (SSSR count). The van der Waals surface area contributed by atoms with Crippen LogP contribution in [0.3, 0.4) is 0 Å². The van der Waals surface area contributed by atoms with Gasteiger partial charge in [-0.05, 0) is 52.3 Å². The number of nitrogen functional groups attached to an aromatic ring is 1. The van der Waals surface area contributed by atoms with Crippen molar-refractivity contribution in [2.24, 2.45) is 7.05 Å². The minimum absolute atomic E-state index is 0.0299. The molecule has 1 aliphatic heterocycles. The van der Waals surface area contributed by atoms with Gasteiger partial charge >= 0.3 is 0 Å². The van der Waals surface area contributed by atoms with Crippen LogP contribution in [0.1, 0.15) is 54.7 Å². The Morgan fingerprint density at radius 1 is 1.03 bits per heavy atom. The molecule has 2 heterocycles. The highest BCUT2D eigenvalue weighted by molar-refractivity contribution is 6.10. The van der Waals surface area contributed by atoms with E-state index in [0.717, 1.165) is 39.9 Å². The lowest BCUT2D eigenvalue weighted by Crippen LogP contribution is -2.24. The highest BCUT2D eigenvalue weighted by Gasteiger charge is 2.31. The van der Waals surface area contributed by atoms with Gasteiger partial charge in [-0.2, -0.15) is 0 Å². The number of pyridine rings is 1. The van der Waals surface area contributed by atoms with E-state index in [1.165, 1.54) is 10.1 Å². The summed E-state index contributed by atoms with van der Waals surface area (Å²) in [5.74, 6) is 0.0299. The monoisotopic (exact) mass is 415 g/mol. The van der Waals surface area contributed by atoms with Gasteiger partial charge in [-0.25, -0.2) is 0 Å². The molecule has 0 radical (unpaired) electrons. The van der Waals surface area contributed by atoms with Crippen LogP contribution >= 0.6 is 0 Å². The Hall–Kier alpha value is -3.34. The smallest absolute Gasteiger partial charge is 0.273 e. The first-order chi connectivity index (χ1) is 14.6. The van der Waals surface area contributed by atoms with Gasteiger partial charge in [0.05, 0.1) is 12.2 Å². The van der Waals surface area contributed by atoms with E-state index in [0.29, 0.717) is 6.54 Å². The van der Waals surface area contributed by atoms with E-state index < -0.39 is 0 Å². The van der Waals surface area contributed by atoms with Gasteiger partial charge in [0.1, 0.15) is 0 Å². The molecular weight excluding hydrogens is 386 g/mol. The molecule has 0 spiro atoms. The molecule has 0 fully saturated rings. The molecule has 5 heteroatoms. The first-order valence-corrected chi connectivity index (χ1v) is 10.7. The second-order valence-corrected chi connectivity index (χ2v) is 9.27. The number of aryl methyl sites for hydroxylation is 1. The van der Waals surface area contributed by atoms with Crippen LogP contribution in [0.2, 0.25) is 0 Å². The number of carbonyl (C=O) groups excluding carboxylic acids is 1. The summed E-state index contributed by atoms with van der Waals surface area (Å²) in [6, 6.07) is 13.9. The molecule has 0 aliphatic carbocycles. The Kier molecular flexibility index (Phi) is 5.00. The number of nitrogens with two attached hydrogens (primary N) is 1. The van der Waals surface area contributed by atoms with Crippen molar-refractivity contribution in [1.82, 2.24) is 4.57 Å². The first-order valence-electron chi connectivity index (χ1n) is 10.7. The van der Waals surface area contributed by atoms with E-state index >= 15 is 0 Å². The van der Waals surface area contributed by atoms with Crippen LogP contribution in [0.25, 0.3) is 11.1 Å². The molecule has 1 aliphatic rings. The van der Waals surface area contributed by atoms with E-state index in [4.69, 9.17) is 5.73 Å². The zero-order chi connectivity index (χ0) is 22.5. The lowest BCUT2D eigenvalue weighted by Gasteiger charge is -2.22. The third-order valence-corrected chi connectivity index (χ3v) is 6.09. The number of aromatic nitrogens is 1. The molecule has 0 unspecified atom stereocenters. The summed E-state index contributed by atoms with van der Waals surface area (Å²) >= 11 is 0. The summed E-state index contributed by atoms with van der Waals surface area (Å²) in [4.78, 5) is 27.2. The van der Waals surface area contributed by atoms with Gasteiger partial charge in [-0.1, -0.05) is 52.0 Å². The average molecular weight is 416 g/mol. The fraction of sp³-hybridized carbons (Fsp3) is 0.308. The highest BCUT2D eigenvalue weighted by atomic mass is 16.2. The maximum atomic E-state index is 13.3. The SMILES string of the molecule is CCc1c(-c2cc(N)c(=O)n(C)c2)cccc1N1Cc2cc(C(C)(C)C)ccc2C1=O. The van der Waals surface area contributed by atoms with Gasteiger partial charge in [0.15, 0.2) is 0 Å². The van der Waals surface area contributed by atoms with Crippen molar-refractivity contribution >= 4 is 17.3 Å². The molecule has 2 N–H and O–H groups in total. The van der Waals surface area contributed by atoms with Gasteiger partial charge in [-0.3, -0.25) is 9.59 Å². The van der Waals surface area contributed by atoms with E-state index in [9.17, 15) is 9.59 Å². The largest absolute Gasteiger partial charge is 0.394 e. The number of nitrogens with zero attached hydrogens (tertiary/aromatic N) is 2. The second-order valence-electron chi connectivity index (χ2n) is 9.27. The molecule has 1 amide bonds. The number of hydrogen-bond donors (Lipinski definition) is 1. The molecule has 0 saturated carbocycles. The molecule has 3 aromatic rings. The van der Waals surface area contributed by atoms with Crippen molar-refractivity contribution in [3.8, 4) is 11.1 Å². The molecule has 31 heavy (non-hydrogen) atoms. The predicted octanol–water partition coefficient (Wildman–Crippen LogP) is 4.65. The molecule has 0 bridgehead atoms. The lowest BCUT2D eigenvalue weighted by molar-refractivity contribution is 0.0996. The van der Waals surface area contributed by atoms with Crippen LogP contribution in [0.5, 0.6) is 0 Å². The van der Waals surface area contributed by atoms with Crippen molar-refractivity contribution in [3.05, 3.63) is 81.3 Å². The van der Waals surface area contributed by atoms with Crippen LogP contribution in [0, 0.1) is 0 Å². The minimum Gasteiger partial charge on any atom is -0.394 e. The number of benzene rings is 2.